The van der Waals surface area contributed by atoms with E-state index < -0.39 is 0 Å². The maximum Gasteiger partial charge on any atom is 0.251 e. The van der Waals surface area contributed by atoms with Crippen molar-refractivity contribution >= 4 is 11.5 Å². The number of aryl methyl sites for hydroxylation is 1. The Hall–Kier alpha value is -2.59. The summed E-state index contributed by atoms with van der Waals surface area (Å²) in [6.45, 7) is 13.4. The summed E-state index contributed by atoms with van der Waals surface area (Å²) in [4.78, 5) is 17.4. The first-order chi connectivity index (χ1) is 15.8. The largest absolute Gasteiger partial charge is 0.496 e. The summed E-state index contributed by atoms with van der Waals surface area (Å²) in [5.41, 5.74) is 5.57. The number of rotatable bonds is 6. The van der Waals surface area contributed by atoms with E-state index in [0.29, 0.717) is 6.04 Å². The van der Waals surface area contributed by atoms with Crippen LogP contribution in [0, 0.1) is 6.92 Å². The minimum atomic E-state index is 0.0142. The van der Waals surface area contributed by atoms with Gasteiger partial charge in [-0.2, -0.15) is 0 Å². The van der Waals surface area contributed by atoms with Crippen LogP contribution in [-0.4, -0.2) is 48.5 Å². The zero-order valence-electron chi connectivity index (χ0n) is 21.8. The topological polar surface area (TPSA) is 32.8 Å². The van der Waals surface area contributed by atoms with Crippen molar-refractivity contribution in [1.29, 1.82) is 0 Å². The minimum Gasteiger partial charge on any atom is -0.496 e. The molecule has 33 heavy (non-hydrogen) atoms. The van der Waals surface area contributed by atoms with Gasteiger partial charge in [-0.05, 0) is 93.6 Å². The van der Waals surface area contributed by atoms with Gasteiger partial charge >= 0.3 is 0 Å². The van der Waals surface area contributed by atoms with Gasteiger partial charge in [0.25, 0.3) is 5.91 Å². The fourth-order valence-electron chi connectivity index (χ4n) is 4.31. The lowest BCUT2D eigenvalue weighted by Gasteiger charge is -2.32. The monoisotopic (exact) mass is 450 g/mol. The number of carbonyl (C=O) groups excluding carboxylic acids is 1. The highest BCUT2D eigenvalue weighted by Gasteiger charge is 2.23. The lowest BCUT2D eigenvalue weighted by Crippen LogP contribution is -2.35. The molecule has 0 spiro atoms. The molecule has 1 aliphatic carbocycles. The number of methoxy groups -OCH3 is 1. The molecule has 0 fully saturated rings. The van der Waals surface area contributed by atoms with Gasteiger partial charge in [0.15, 0.2) is 0 Å². The number of hydrogen-bond donors (Lipinski definition) is 0. The number of nitrogens with zero attached hydrogens (tertiary/aromatic N) is 2. The first kappa shape index (κ1) is 26.7. The van der Waals surface area contributed by atoms with Gasteiger partial charge in [0.2, 0.25) is 0 Å². The fourth-order valence-corrected chi connectivity index (χ4v) is 4.31. The molecule has 1 aromatic rings. The van der Waals surface area contributed by atoms with E-state index in [2.05, 4.69) is 50.1 Å². The van der Waals surface area contributed by atoms with Crippen molar-refractivity contribution in [3.63, 3.8) is 0 Å². The summed E-state index contributed by atoms with van der Waals surface area (Å²) >= 11 is 0. The van der Waals surface area contributed by atoms with Crippen molar-refractivity contribution in [2.75, 3.05) is 20.7 Å². The molecule has 2 unspecified atom stereocenters. The third kappa shape index (κ3) is 6.70. The molecule has 0 N–H and O–H groups in total. The summed E-state index contributed by atoms with van der Waals surface area (Å²) in [7, 11) is 3.87. The number of carbonyl (C=O) groups is 1. The van der Waals surface area contributed by atoms with Crippen LogP contribution in [0.5, 0.6) is 5.75 Å². The maximum atomic E-state index is 13.1. The van der Waals surface area contributed by atoms with E-state index in [1.165, 1.54) is 12.0 Å². The molecule has 4 heteroatoms. The van der Waals surface area contributed by atoms with Crippen LogP contribution < -0.4 is 4.74 Å². The van der Waals surface area contributed by atoms with Gasteiger partial charge in [0.1, 0.15) is 5.75 Å². The first-order valence-corrected chi connectivity index (χ1v) is 12.3. The molecule has 1 amide bonds. The SMILES string of the molecule is CC.CCN(C)C1CC=C(C2=CN(C(=O)/C=C(\C)c3ccc(OC)c(C)c3)C(C)C=C2)CC1. The molecule has 4 nitrogen and oxygen atoms in total. The predicted molar refractivity (Wildman–Crippen MR) is 140 cm³/mol. The van der Waals surface area contributed by atoms with Crippen molar-refractivity contribution in [3.05, 3.63) is 71.0 Å². The highest BCUT2D eigenvalue weighted by molar-refractivity contribution is 5.96. The smallest absolute Gasteiger partial charge is 0.251 e. The number of ether oxygens (including phenoxy) is 1. The summed E-state index contributed by atoms with van der Waals surface area (Å²) in [5, 5.41) is 0. The number of hydrogen-bond acceptors (Lipinski definition) is 3. The average Bonchev–Trinajstić information content (AvgIpc) is 2.85. The van der Waals surface area contributed by atoms with Gasteiger partial charge in [0, 0.05) is 18.3 Å². The summed E-state index contributed by atoms with van der Waals surface area (Å²) < 4.78 is 5.35. The number of amides is 1. The highest BCUT2D eigenvalue weighted by atomic mass is 16.5. The standard InChI is InChI=1S/C27H36N2O2.C2H6/c1-7-28(5)25-13-10-22(11-14-25)24-9-8-21(4)29(18-24)27(30)17-19(2)23-12-15-26(31-6)20(3)16-23;1-2/h8-10,12,15-18,21,25H,7,11,13-14H2,1-6H3;1-2H3/b19-17+;. The molecule has 1 heterocycles. The molecule has 0 saturated heterocycles. The van der Waals surface area contributed by atoms with E-state index in [-0.39, 0.29) is 11.9 Å². The summed E-state index contributed by atoms with van der Waals surface area (Å²) in [6, 6.07) is 6.69. The molecule has 0 bridgehead atoms. The predicted octanol–water partition coefficient (Wildman–Crippen LogP) is 6.53. The van der Waals surface area contributed by atoms with E-state index in [1.807, 2.05) is 50.9 Å². The molecule has 2 aliphatic rings. The molecule has 180 valence electrons. The van der Waals surface area contributed by atoms with Gasteiger partial charge in [0.05, 0.1) is 13.2 Å². The van der Waals surface area contributed by atoms with Crippen molar-refractivity contribution < 1.29 is 9.53 Å². The van der Waals surface area contributed by atoms with E-state index >= 15 is 0 Å². The second kappa shape index (κ2) is 12.6. The van der Waals surface area contributed by atoms with Gasteiger partial charge in [-0.1, -0.05) is 45.1 Å². The van der Waals surface area contributed by atoms with Crippen LogP contribution in [0.2, 0.25) is 0 Å². The van der Waals surface area contributed by atoms with Crippen molar-refractivity contribution in [3.8, 4) is 5.75 Å². The molecule has 2 atom stereocenters. The molecule has 3 rings (SSSR count). The lowest BCUT2D eigenvalue weighted by molar-refractivity contribution is -0.124. The van der Waals surface area contributed by atoms with Gasteiger partial charge in [-0.3, -0.25) is 4.79 Å². The average molecular weight is 451 g/mol. The Morgan fingerprint density at radius 2 is 2.03 bits per heavy atom. The van der Waals surface area contributed by atoms with Gasteiger partial charge in [-0.15, -0.1) is 0 Å². The Morgan fingerprint density at radius 1 is 1.30 bits per heavy atom. The minimum absolute atomic E-state index is 0.0142. The Kier molecular flexibility index (Phi) is 10.2. The van der Waals surface area contributed by atoms with Crippen LogP contribution >= 0.6 is 0 Å². The Labute approximate surface area is 201 Å². The van der Waals surface area contributed by atoms with Crippen LogP contribution in [0.1, 0.15) is 65.0 Å². The fraction of sp³-hybridized carbons (Fsp3) is 0.483. The normalized spacial score (nSPS) is 20.6. The molecule has 1 aromatic carbocycles. The third-order valence-corrected chi connectivity index (χ3v) is 6.59. The van der Waals surface area contributed by atoms with E-state index in [0.717, 1.165) is 47.4 Å². The van der Waals surface area contributed by atoms with Crippen LogP contribution in [0.15, 0.2) is 59.8 Å². The second-order valence-corrected chi connectivity index (χ2v) is 8.67. The van der Waals surface area contributed by atoms with Gasteiger partial charge < -0.3 is 14.5 Å². The third-order valence-electron chi connectivity index (χ3n) is 6.59. The van der Waals surface area contributed by atoms with Crippen LogP contribution in [0.25, 0.3) is 5.57 Å². The molecular formula is C29H42N2O2. The van der Waals surface area contributed by atoms with Crippen molar-refractivity contribution in [2.45, 2.75) is 72.9 Å². The molecular weight excluding hydrogens is 408 g/mol. The van der Waals surface area contributed by atoms with Gasteiger partial charge in [-0.25, -0.2) is 0 Å². The Bertz CT molecular complexity index is 939. The highest BCUT2D eigenvalue weighted by Crippen LogP contribution is 2.30. The first-order valence-electron chi connectivity index (χ1n) is 12.3. The summed E-state index contributed by atoms with van der Waals surface area (Å²) in [6.07, 6.45) is 13.7. The Balaban J connectivity index is 0.00000187. The molecule has 0 aromatic heterocycles. The van der Waals surface area contributed by atoms with Crippen LogP contribution in [-0.2, 0) is 4.79 Å². The quantitative estimate of drug-likeness (QED) is 0.462. The van der Waals surface area contributed by atoms with E-state index in [4.69, 9.17) is 4.74 Å². The zero-order valence-corrected chi connectivity index (χ0v) is 21.8. The Morgan fingerprint density at radius 3 is 2.61 bits per heavy atom. The number of benzene rings is 1. The van der Waals surface area contributed by atoms with E-state index in [9.17, 15) is 4.79 Å². The second-order valence-electron chi connectivity index (χ2n) is 8.67. The molecule has 0 radical (unpaired) electrons. The molecule has 0 saturated carbocycles. The lowest BCUT2D eigenvalue weighted by atomic mass is 9.89. The summed E-state index contributed by atoms with van der Waals surface area (Å²) in [5.74, 6) is 0.874. The van der Waals surface area contributed by atoms with E-state index in [1.54, 1.807) is 13.2 Å². The van der Waals surface area contributed by atoms with Crippen LogP contribution in [0.3, 0.4) is 0 Å². The zero-order chi connectivity index (χ0) is 24.5. The molecule has 1 aliphatic heterocycles. The van der Waals surface area contributed by atoms with Crippen molar-refractivity contribution in [2.24, 2.45) is 0 Å². The number of allylic oxidation sites excluding steroid dienone is 4. The maximum absolute atomic E-state index is 13.1. The van der Waals surface area contributed by atoms with Crippen molar-refractivity contribution in [1.82, 2.24) is 9.80 Å². The van der Waals surface area contributed by atoms with Crippen LogP contribution in [0.4, 0.5) is 0 Å².